The quantitative estimate of drug-likeness (QED) is 0.713. The van der Waals surface area contributed by atoms with E-state index in [1.165, 1.54) is 11.2 Å². The van der Waals surface area contributed by atoms with E-state index in [1.54, 1.807) is 24.9 Å². The van der Waals surface area contributed by atoms with Crippen LogP contribution in [0.1, 0.15) is 20.3 Å². The molecule has 15 heavy (non-hydrogen) atoms. The summed E-state index contributed by atoms with van der Waals surface area (Å²) < 4.78 is 25.0. The van der Waals surface area contributed by atoms with Gasteiger partial charge in [-0.2, -0.15) is 21.3 Å². The standard InChI is InChI=1S/C9H18N2O2S2/c1-5-9(7-14-4)11(3)15(12,13)8(2)6-10/h8-9H,5,7H2,1-4H3. The molecule has 2 unspecified atom stereocenters. The van der Waals surface area contributed by atoms with Crippen molar-refractivity contribution >= 4 is 21.8 Å². The third-order valence-electron chi connectivity index (χ3n) is 2.37. The van der Waals surface area contributed by atoms with Gasteiger partial charge in [0, 0.05) is 18.8 Å². The Labute approximate surface area is 96.7 Å². The summed E-state index contributed by atoms with van der Waals surface area (Å²) in [4.78, 5) is 0. The molecule has 0 radical (unpaired) electrons. The fraction of sp³-hybridized carbons (Fsp3) is 0.889. The molecule has 0 bridgehead atoms. The Bertz CT molecular complexity index is 321. The van der Waals surface area contributed by atoms with Crippen LogP contribution < -0.4 is 0 Å². The first-order chi connectivity index (χ1) is 6.91. The van der Waals surface area contributed by atoms with Gasteiger partial charge in [-0.3, -0.25) is 0 Å². The van der Waals surface area contributed by atoms with Gasteiger partial charge in [0.15, 0.2) is 5.25 Å². The first-order valence-electron chi connectivity index (χ1n) is 4.77. The molecule has 0 aliphatic rings. The van der Waals surface area contributed by atoms with Crippen molar-refractivity contribution in [3.63, 3.8) is 0 Å². The molecule has 6 heteroatoms. The average Bonchev–Trinajstić information content (AvgIpc) is 2.23. The lowest BCUT2D eigenvalue weighted by Crippen LogP contribution is -2.42. The Morgan fingerprint density at radius 2 is 2.07 bits per heavy atom. The van der Waals surface area contributed by atoms with Crippen LogP contribution in [-0.4, -0.2) is 43.1 Å². The fourth-order valence-electron chi connectivity index (χ4n) is 1.20. The van der Waals surface area contributed by atoms with E-state index in [0.717, 1.165) is 12.2 Å². The molecule has 0 aromatic carbocycles. The highest BCUT2D eigenvalue weighted by Gasteiger charge is 2.30. The minimum atomic E-state index is -3.46. The molecule has 88 valence electrons. The monoisotopic (exact) mass is 250 g/mol. The number of rotatable bonds is 6. The van der Waals surface area contributed by atoms with Gasteiger partial charge in [-0.25, -0.2) is 8.42 Å². The van der Waals surface area contributed by atoms with Crippen molar-refractivity contribution in [2.24, 2.45) is 0 Å². The maximum absolute atomic E-state index is 11.8. The maximum atomic E-state index is 11.8. The summed E-state index contributed by atoms with van der Waals surface area (Å²) in [7, 11) is -1.91. The van der Waals surface area contributed by atoms with Crippen molar-refractivity contribution in [3.05, 3.63) is 0 Å². The molecule has 0 amide bonds. The van der Waals surface area contributed by atoms with Crippen LogP contribution in [0.25, 0.3) is 0 Å². The van der Waals surface area contributed by atoms with Crippen molar-refractivity contribution in [2.75, 3.05) is 19.1 Å². The van der Waals surface area contributed by atoms with Crippen molar-refractivity contribution in [1.29, 1.82) is 5.26 Å². The van der Waals surface area contributed by atoms with Gasteiger partial charge < -0.3 is 0 Å². The second kappa shape index (κ2) is 6.36. The van der Waals surface area contributed by atoms with Gasteiger partial charge in [0.05, 0.1) is 6.07 Å². The number of nitriles is 1. The highest BCUT2D eigenvalue weighted by Crippen LogP contribution is 2.15. The first-order valence-corrected chi connectivity index (χ1v) is 7.66. The molecule has 0 fully saturated rings. The van der Waals surface area contributed by atoms with E-state index >= 15 is 0 Å². The second-order valence-corrected chi connectivity index (χ2v) is 6.57. The zero-order valence-corrected chi connectivity index (χ0v) is 11.2. The second-order valence-electron chi connectivity index (χ2n) is 3.35. The molecule has 0 aliphatic carbocycles. The van der Waals surface area contributed by atoms with Crippen LogP contribution in [0.15, 0.2) is 0 Å². The Morgan fingerprint density at radius 1 is 1.53 bits per heavy atom. The van der Waals surface area contributed by atoms with Crippen molar-refractivity contribution in [2.45, 2.75) is 31.6 Å². The van der Waals surface area contributed by atoms with E-state index in [9.17, 15) is 8.42 Å². The van der Waals surface area contributed by atoms with Crippen LogP contribution in [0.2, 0.25) is 0 Å². The van der Waals surface area contributed by atoms with Crippen LogP contribution in [0.5, 0.6) is 0 Å². The number of sulfonamides is 1. The lowest BCUT2D eigenvalue weighted by molar-refractivity contribution is 0.383. The topological polar surface area (TPSA) is 61.2 Å². The smallest absolute Gasteiger partial charge is 0.211 e. The predicted molar refractivity (Wildman–Crippen MR) is 64.2 cm³/mol. The number of hydrogen-bond donors (Lipinski definition) is 0. The lowest BCUT2D eigenvalue weighted by Gasteiger charge is -2.26. The summed E-state index contributed by atoms with van der Waals surface area (Å²) in [5.74, 6) is 0.754. The normalized spacial score (nSPS) is 16.0. The molecule has 0 saturated carbocycles. The molecule has 0 spiro atoms. The number of hydrogen-bond acceptors (Lipinski definition) is 4. The third-order valence-corrected chi connectivity index (χ3v) is 5.19. The van der Waals surface area contributed by atoms with E-state index in [1.807, 2.05) is 13.2 Å². The molecule has 0 aliphatic heterocycles. The number of nitrogens with zero attached hydrogens (tertiary/aromatic N) is 2. The molecular formula is C9H18N2O2S2. The van der Waals surface area contributed by atoms with Crippen LogP contribution in [0.3, 0.4) is 0 Å². The molecular weight excluding hydrogens is 232 g/mol. The van der Waals surface area contributed by atoms with Gasteiger partial charge in [-0.05, 0) is 19.6 Å². The van der Waals surface area contributed by atoms with E-state index in [4.69, 9.17) is 5.26 Å². The van der Waals surface area contributed by atoms with Gasteiger partial charge in [0.2, 0.25) is 10.0 Å². The highest BCUT2D eigenvalue weighted by molar-refractivity contribution is 7.98. The van der Waals surface area contributed by atoms with Crippen molar-refractivity contribution in [3.8, 4) is 6.07 Å². The van der Waals surface area contributed by atoms with Crippen molar-refractivity contribution in [1.82, 2.24) is 4.31 Å². The fourth-order valence-corrected chi connectivity index (χ4v) is 3.41. The summed E-state index contributed by atoms with van der Waals surface area (Å²) in [6, 6.07) is 1.74. The van der Waals surface area contributed by atoms with Crippen molar-refractivity contribution < 1.29 is 8.42 Å². The van der Waals surface area contributed by atoms with E-state index in [0.29, 0.717) is 0 Å². The molecule has 0 rings (SSSR count). The first kappa shape index (κ1) is 14.8. The predicted octanol–water partition coefficient (Wildman–Crippen LogP) is 1.30. The van der Waals surface area contributed by atoms with Crippen LogP contribution in [-0.2, 0) is 10.0 Å². The Balaban J connectivity index is 4.83. The summed E-state index contributed by atoms with van der Waals surface area (Å²) in [5.41, 5.74) is 0. The molecule has 4 nitrogen and oxygen atoms in total. The largest absolute Gasteiger partial charge is 0.230 e. The van der Waals surface area contributed by atoms with Gasteiger partial charge in [-0.15, -0.1) is 0 Å². The summed E-state index contributed by atoms with van der Waals surface area (Å²) in [6.45, 7) is 3.36. The van der Waals surface area contributed by atoms with Crippen LogP contribution in [0, 0.1) is 11.3 Å². The molecule has 0 N–H and O–H groups in total. The zero-order chi connectivity index (χ0) is 12.1. The average molecular weight is 250 g/mol. The van der Waals surface area contributed by atoms with Gasteiger partial charge in [0.25, 0.3) is 0 Å². The SMILES string of the molecule is CCC(CSC)N(C)S(=O)(=O)C(C)C#N. The third kappa shape index (κ3) is 3.67. The summed E-state index contributed by atoms with van der Waals surface area (Å²) >= 11 is 1.61. The van der Waals surface area contributed by atoms with Gasteiger partial charge in [-0.1, -0.05) is 6.92 Å². The zero-order valence-electron chi connectivity index (χ0n) is 9.60. The molecule has 0 aromatic rings. The molecule has 2 atom stereocenters. The van der Waals surface area contributed by atoms with Crippen LogP contribution in [0.4, 0.5) is 0 Å². The van der Waals surface area contributed by atoms with E-state index < -0.39 is 15.3 Å². The Morgan fingerprint density at radius 3 is 2.40 bits per heavy atom. The maximum Gasteiger partial charge on any atom is 0.230 e. The highest BCUT2D eigenvalue weighted by atomic mass is 32.2. The molecule has 0 heterocycles. The Kier molecular flexibility index (Phi) is 6.25. The van der Waals surface area contributed by atoms with Gasteiger partial charge >= 0.3 is 0 Å². The lowest BCUT2D eigenvalue weighted by atomic mass is 10.3. The van der Waals surface area contributed by atoms with Crippen LogP contribution >= 0.6 is 11.8 Å². The van der Waals surface area contributed by atoms with E-state index in [-0.39, 0.29) is 6.04 Å². The van der Waals surface area contributed by atoms with Gasteiger partial charge in [0.1, 0.15) is 0 Å². The minimum Gasteiger partial charge on any atom is -0.211 e. The molecule has 0 aromatic heterocycles. The molecule has 0 saturated heterocycles. The number of thioether (sulfide) groups is 1. The Hall–Kier alpha value is -0.250. The minimum absolute atomic E-state index is 0.0270. The summed E-state index contributed by atoms with van der Waals surface area (Å²) in [5, 5.41) is 7.67. The van der Waals surface area contributed by atoms with E-state index in [2.05, 4.69) is 0 Å². The summed E-state index contributed by atoms with van der Waals surface area (Å²) in [6.07, 6.45) is 2.70.